The summed E-state index contributed by atoms with van der Waals surface area (Å²) in [7, 11) is 0. The van der Waals surface area contributed by atoms with Gasteiger partial charge in [-0.1, -0.05) is 58.0 Å². The quantitative estimate of drug-likeness (QED) is 0.194. The summed E-state index contributed by atoms with van der Waals surface area (Å²) >= 11 is 0. The fraction of sp³-hybridized carbons (Fsp3) is 0.600. The molecule has 0 aliphatic carbocycles. The highest BCUT2D eigenvalue weighted by atomic mass is 16.4. The number of carbonyl (C=O) groups excluding carboxylic acids is 3. The van der Waals surface area contributed by atoms with E-state index in [1.807, 2.05) is 44.2 Å². The maximum absolute atomic E-state index is 13.2. The van der Waals surface area contributed by atoms with Crippen molar-refractivity contribution in [1.82, 2.24) is 16.0 Å². The Morgan fingerprint density at radius 2 is 1.43 bits per heavy atom. The number of rotatable bonds is 15. The first-order valence-electron chi connectivity index (χ1n) is 12.1. The fourth-order valence-electron chi connectivity index (χ4n) is 3.43. The summed E-state index contributed by atoms with van der Waals surface area (Å²) in [6.07, 6.45) is 1.63. The minimum Gasteiger partial charge on any atom is -0.480 e. The molecule has 1 rings (SSSR count). The first kappa shape index (κ1) is 30.1. The lowest BCUT2D eigenvalue weighted by atomic mass is 9.99. The van der Waals surface area contributed by atoms with E-state index in [4.69, 9.17) is 11.5 Å². The van der Waals surface area contributed by atoms with Gasteiger partial charge in [0.25, 0.3) is 0 Å². The number of nitrogens with two attached hydrogens (primary N) is 2. The minimum atomic E-state index is -1.15. The van der Waals surface area contributed by atoms with E-state index in [9.17, 15) is 24.3 Å². The minimum absolute atomic E-state index is 0.128. The highest BCUT2D eigenvalue weighted by molar-refractivity contribution is 5.94. The number of aliphatic carboxylic acids is 1. The molecule has 0 saturated carbocycles. The molecule has 0 aliphatic rings. The maximum Gasteiger partial charge on any atom is 0.326 e. The Hall–Kier alpha value is -2.98. The van der Waals surface area contributed by atoms with Crippen LogP contribution in [0.1, 0.15) is 52.5 Å². The lowest BCUT2D eigenvalue weighted by molar-refractivity contribution is -0.142. The molecule has 10 heteroatoms. The van der Waals surface area contributed by atoms with Crippen molar-refractivity contribution in [2.24, 2.45) is 23.3 Å². The fourth-order valence-corrected chi connectivity index (χ4v) is 3.43. The third kappa shape index (κ3) is 10.4. The normalized spacial score (nSPS) is 14.6. The summed E-state index contributed by atoms with van der Waals surface area (Å²) in [5.41, 5.74) is 12.3. The van der Waals surface area contributed by atoms with Gasteiger partial charge in [0.2, 0.25) is 17.7 Å². The van der Waals surface area contributed by atoms with E-state index in [1.165, 1.54) is 0 Å². The molecule has 1 aromatic rings. The second-order valence-electron chi connectivity index (χ2n) is 9.43. The van der Waals surface area contributed by atoms with Gasteiger partial charge in [-0.2, -0.15) is 0 Å². The maximum atomic E-state index is 13.2. The smallest absolute Gasteiger partial charge is 0.326 e. The zero-order chi connectivity index (χ0) is 26.5. The summed E-state index contributed by atoms with van der Waals surface area (Å²) in [4.78, 5) is 50.4. The summed E-state index contributed by atoms with van der Waals surface area (Å²) in [6.45, 7) is 7.53. The predicted octanol–water partition coefficient (Wildman–Crippen LogP) is 0.536. The molecule has 4 atom stereocenters. The topological polar surface area (TPSA) is 177 Å². The number of carboxylic acid groups (broad SMARTS) is 1. The Kier molecular flexibility index (Phi) is 13.0. The van der Waals surface area contributed by atoms with Crippen molar-refractivity contribution in [3.8, 4) is 0 Å². The van der Waals surface area contributed by atoms with Crippen LogP contribution in [0.25, 0.3) is 0 Å². The second kappa shape index (κ2) is 15.1. The van der Waals surface area contributed by atoms with E-state index < -0.39 is 47.9 Å². The van der Waals surface area contributed by atoms with Crippen LogP contribution in [0, 0.1) is 11.8 Å². The zero-order valence-electron chi connectivity index (χ0n) is 21.1. The molecule has 3 amide bonds. The zero-order valence-corrected chi connectivity index (χ0v) is 21.1. The average Bonchev–Trinajstić information content (AvgIpc) is 2.80. The van der Waals surface area contributed by atoms with Crippen LogP contribution in [0.2, 0.25) is 0 Å². The van der Waals surface area contributed by atoms with Crippen molar-refractivity contribution in [3.63, 3.8) is 0 Å². The highest BCUT2D eigenvalue weighted by Crippen LogP contribution is 2.09. The largest absolute Gasteiger partial charge is 0.480 e. The Labute approximate surface area is 207 Å². The van der Waals surface area contributed by atoms with E-state index in [-0.39, 0.29) is 24.7 Å². The molecule has 0 aliphatic heterocycles. The van der Waals surface area contributed by atoms with E-state index in [1.54, 1.807) is 13.8 Å². The molecule has 0 bridgehead atoms. The first-order valence-corrected chi connectivity index (χ1v) is 12.1. The van der Waals surface area contributed by atoms with Gasteiger partial charge in [-0.15, -0.1) is 0 Å². The van der Waals surface area contributed by atoms with Crippen LogP contribution in [-0.4, -0.2) is 59.5 Å². The summed E-state index contributed by atoms with van der Waals surface area (Å²) in [6, 6.07) is 5.32. The number of hydrogen-bond acceptors (Lipinski definition) is 6. The standard InChI is InChI=1S/C25H41N5O5/c1-15(2)20(27)23(32)29-19(14-17-10-6-5-7-11-17)22(31)30-21(16(3)4)24(33)28-18(25(34)35)12-8-9-13-26/h5-7,10-11,15-16,18-21H,8-9,12-14,26-27H2,1-4H3,(H,28,33)(H,29,32)(H,30,31)(H,34,35). The molecule has 0 radical (unpaired) electrons. The third-order valence-corrected chi connectivity index (χ3v) is 5.75. The molecule has 0 spiro atoms. The van der Waals surface area contributed by atoms with Crippen molar-refractivity contribution >= 4 is 23.7 Å². The van der Waals surface area contributed by atoms with Crippen LogP contribution in [0.5, 0.6) is 0 Å². The molecule has 4 unspecified atom stereocenters. The molecular weight excluding hydrogens is 450 g/mol. The van der Waals surface area contributed by atoms with Gasteiger partial charge in [-0.05, 0) is 43.2 Å². The molecule has 0 fully saturated rings. The van der Waals surface area contributed by atoms with Crippen LogP contribution in [-0.2, 0) is 25.6 Å². The molecule has 0 heterocycles. The van der Waals surface area contributed by atoms with Crippen molar-refractivity contribution < 1.29 is 24.3 Å². The monoisotopic (exact) mass is 491 g/mol. The molecule has 35 heavy (non-hydrogen) atoms. The Balaban J connectivity index is 3.02. The lowest BCUT2D eigenvalue weighted by Gasteiger charge is -2.27. The summed E-state index contributed by atoms with van der Waals surface area (Å²) in [5.74, 6) is -3.23. The van der Waals surface area contributed by atoms with Gasteiger partial charge in [-0.3, -0.25) is 14.4 Å². The Morgan fingerprint density at radius 1 is 0.829 bits per heavy atom. The van der Waals surface area contributed by atoms with Crippen LogP contribution in [0.3, 0.4) is 0 Å². The summed E-state index contributed by atoms with van der Waals surface area (Å²) in [5, 5.41) is 17.4. The van der Waals surface area contributed by atoms with Crippen LogP contribution < -0.4 is 27.4 Å². The predicted molar refractivity (Wildman–Crippen MR) is 134 cm³/mol. The van der Waals surface area contributed by atoms with Crippen LogP contribution in [0.15, 0.2) is 30.3 Å². The van der Waals surface area contributed by atoms with Gasteiger partial charge in [0, 0.05) is 6.42 Å². The van der Waals surface area contributed by atoms with Crippen molar-refractivity contribution in [2.75, 3.05) is 6.54 Å². The van der Waals surface area contributed by atoms with Crippen molar-refractivity contribution in [1.29, 1.82) is 0 Å². The molecule has 196 valence electrons. The Bertz CT molecular complexity index is 831. The molecule has 10 nitrogen and oxygen atoms in total. The van der Waals surface area contributed by atoms with Crippen molar-refractivity contribution in [3.05, 3.63) is 35.9 Å². The van der Waals surface area contributed by atoms with E-state index in [0.29, 0.717) is 19.4 Å². The number of amides is 3. The number of benzene rings is 1. The van der Waals surface area contributed by atoms with E-state index in [0.717, 1.165) is 5.56 Å². The molecule has 0 aromatic heterocycles. The van der Waals surface area contributed by atoms with Gasteiger partial charge < -0.3 is 32.5 Å². The lowest BCUT2D eigenvalue weighted by Crippen LogP contribution is -2.59. The molecule has 0 saturated heterocycles. The van der Waals surface area contributed by atoms with E-state index >= 15 is 0 Å². The average molecular weight is 492 g/mol. The number of carboxylic acids is 1. The van der Waals surface area contributed by atoms with Gasteiger partial charge in [-0.25, -0.2) is 4.79 Å². The molecule has 1 aromatic carbocycles. The van der Waals surface area contributed by atoms with Gasteiger partial charge >= 0.3 is 5.97 Å². The SMILES string of the molecule is CC(C)C(N)C(=O)NC(Cc1ccccc1)C(=O)NC(C(=O)NC(CCCCN)C(=O)O)C(C)C. The number of unbranched alkanes of at least 4 members (excludes halogenated alkanes) is 1. The van der Waals surface area contributed by atoms with Crippen LogP contribution in [0.4, 0.5) is 0 Å². The van der Waals surface area contributed by atoms with Crippen LogP contribution >= 0.6 is 0 Å². The van der Waals surface area contributed by atoms with Gasteiger partial charge in [0.05, 0.1) is 6.04 Å². The van der Waals surface area contributed by atoms with Crippen molar-refractivity contribution in [2.45, 2.75) is 77.5 Å². The Morgan fingerprint density at radius 3 is 1.94 bits per heavy atom. The highest BCUT2D eigenvalue weighted by Gasteiger charge is 2.32. The number of nitrogens with one attached hydrogen (secondary N) is 3. The summed E-state index contributed by atoms with van der Waals surface area (Å²) < 4.78 is 0. The number of hydrogen-bond donors (Lipinski definition) is 6. The first-order chi connectivity index (χ1) is 16.5. The molecule has 8 N–H and O–H groups in total. The molecular formula is C25H41N5O5. The second-order valence-corrected chi connectivity index (χ2v) is 9.43. The van der Waals surface area contributed by atoms with Gasteiger partial charge in [0.15, 0.2) is 0 Å². The van der Waals surface area contributed by atoms with E-state index in [2.05, 4.69) is 16.0 Å². The third-order valence-electron chi connectivity index (χ3n) is 5.75. The number of carbonyl (C=O) groups is 4. The van der Waals surface area contributed by atoms with Gasteiger partial charge in [0.1, 0.15) is 18.1 Å².